The molecule has 1 aliphatic heterocycles. The molecule has 1 saturated heterocycles. The van der Waals surface area contributed by atoms with Crippen LogP contribution in [0.2, 0.25) is 5.02 Å². The number of rotatable bonds is 1. The molecule has 0 aliphatic carbocycles. The zero-order chi connectivity index (χ0) is 8.39. The zero-order valence-corrected chi connectivity index (χ0v) is 7.64. The lowest BCUT2D eigenvalue weighted by molar-refractivity contribution is 0.764. The largest absolute Gasteiger partial charge is 0.316 e. The van der Waals surface area contributed by atoms with Gasteiger partial charge in [-0.25, -0.2) is 0 Å². The third-order valence-corrected chi connectivity index (χ3v) is 2.75. The predicted octanol–water partition coefficient (Wildman–Crippen LogP) is 2.42. The van der Waals surface area contributed by atoms with Crippen molar-refractivity contribution < 1.29 is 0 Å². The Labute approximate surface area is 77.7 Å². The maximum absolute atomic E-state index is 6.08. The highest BCUT2D eigenvalue weighted by atomic mass is 35.5. The third kappa shape index (κ3) is 1.47. The quantitative estimate of drug-likeness (QED) is 0.702. The Hall–Kier alpha value is -0.530. The van der Waals surface area contributed by atoms with E-state index in [1.54, 1.807) is 0 Å². The molecule has 1 N–H and O–H groups in total. The molecule has 0 saturated carbocycles. The van der Waals surface area contributed by atoms with Crippen LogP contribution in [0, 0.1) is 0 Å². The van der Waals surface area contributed by atoms with Crippen molar-refractivity contribution in [3.05, 3.63) is 34.9 Å². The highest BCUT2D eigenvalue weighted by Gasteiger charge is 2.17. The summed E-state index contributed by atoms with van der Waals surface area (Å²) in [6.45, 7) is 2.19. The highest BCUT2D eigenvalue weighted by molar-refractivity contribution is 6.31. The molecule has 1 fully saturated rings. The van der Waals surface area contributed by atoms with Crippen LogP contribution in [0.15, 0.2) is 24.3 Å². The minimum absolute atomic E-state index is 0.624. The lowest BCUT2D eigenvalue weighted by Gasteiger charge is -2.09. The molecule has 1 heterocycles. The van der Waals surface area contributed by atoms with Gasteiger partial charge in [0.2, 0.25) is 0 Å². The maximum atomic E-state index is 6.08. The van der Waals surface area contributed by atoms with Crippen LogP contribution in [0.3, 0.4) is 0 Å². The van der Waals surface area contributed by atoms with E-state index in [9.17, 15) is 0 Å². The minimum atomic E-state index is 0.624. The van der Waals surface area contributed by atoms with E-state index in [1.165, 1.54) is 12.0 Å². The van der Waals surface area contributed by atoms with E-state index >= 15 is 0 Å². The molecule has 1 atom stereocenters. The van der Waals surface area contributed by atoms with Gasteiger partial charge in [-0.2, -0.15) is 0 Å². The molecule has 12 heavy (non-hydrogen) atoms. The van der Waals surface area contributed by atoms with E-state index in [0.717, 1.165) is 18.1 Å². The fraction of sp³-hybridized carbons (Fsp3) is 0.400. The van der Waals surface area contributed by atoms with Crippen molar-refractivity contribution in [2.45, 2.75) is 12.3 Å². The van der Waals surface area contributed by atoms with E-state index < -0.39 is 0 Å². The van der Waals surface area contributed by atoms with Gasteiger partial charge in [0.05, 0.1) is 0 Å². The average molecular weight is 182 g/mol. The Kier molecular flexibility index (Phi) is 2.33. The molecule has 0 radical (unpaired) electrons. The topological polar surface area (TPSA) is 12.0 Å². The van der Waals surface area contributed by atoms with Gasteiger partial charge in [0.25, 0.3) is 0 Å². The highest BCUT2D eigenvalue weighted by Crippen LogP contribution is 2.28. The Bertz CT molecular complexity index is 266. The molecule has 1 nitrogen and oxygen atoms in total. The second kappa shape index (κ2) is 3.46. The molecule has 0 amide bonds. The van der Waals surface area contributed by atoms with Crippen molar-refractivity contribution in [1.29, 1.82) is 0 Å². The molecule has 2 heteroatoms. The average Bonchev–Trinajstić information content (AvgIpc) is 2.57. The summed E-state index contributed by atoms with van der Waals surface area (Å²) in [5.41, 5.74) is 1.30. The van der Waals surface area contributed by atoms with Crippen molar-refractivity contribution in [1.82, 2.24) is 5.32 Å². The summed E-state index contributed by atoms with van der Waals surface area (Å²) in [6, 6.07) is 8.13. The number of nitrogens with one attached hydrogen (secondary N) is 1. The Morgan fingerprint density at radius 2 is 2.17 bits per heavy atom. The second-order valence-corrected chi connectivity index (χ2v) is 3.62. The van der Waals surface area contributed by atoms with E-state index in [2.05, 4.69) is 17.4 Å². The van der Waals surface area contributed by atoms with Crippen LogP contribution < -0.4 is 5.32 Å². The summed E-state index contributed by atoms with van der Waals surface area (Å²) in [5.74, 6) is 0.624. The first-order valence-corrected chi connectivity index (χ1v) is 4.71. The standard InChI is InChI=1S/C10H12ClN/c11-10-4-2-1-3-9(10)8-5-6-12-7-8/h1-4,8,12H,5-7H2. The summed E-state index contributed by atoms with van der Waals surface area (Å²) < 4.78 is 0. The van der Waals surface area contributed by atoms with Crippen molar-refractivity contribution in [2.75, 3.05) is 13.1 Å². The number of benzene rings is 1. The van der Waals surface area contributed by atoms with Crippen LogP contribution >= 0.6 is 11.6 Å². The number of hydrogen-bond donors (Lipinski definition) is 1. The van der Waals surface area contributed by atoms with Gasteiger partial charge in [0, 0.05) is 11.6 Å². The van der Waals surface area contributed by atoms with Crippen molar-refractivity contribution in [3.8, 4) is 0 Å². The maximum Gasteiger partial charge on any atom is 0.0441 e. The first-order valence-electron chi connectivity index (χ1n) is 4.33. The van der Waals surface area contributed by atoms with Crippen molar-refractivity contribution in [3.63, 3.8) is 0 Å². The van der Waals surface area contributed by atoms with Gasteiger partial charge in [0.1, 0.15) is 0 Å². The van der Waals surface area contributed by atoms with Gasteiger partial charge in [-0.05, 0) is 30.5 Å². The zero-order valence-electron chi connectivity index (χ0n) is 6.89. The monoisotopic (exact) mass is 181 g/mol. The lowest BCUT2D eigenvalue weighted by atomic mass is 9.99. The van der Waals surface area contributed by atoms with Crippen molar-refractivity contribution in [2.24, 2.45) is 0 Å². The first-order chi connectivity index (χ1) is 5.88. The van der Waals surface area contributed by atoms with Crippen LogP contribution in [-0.4, -0.2) is 13.1 Å². The SMILES string of the molecule is Clc1ccccc1C1CCNC1. The van der Waals surface area contributed by atoms with Crippen molar-refractivity contribution >= 4 is 11.6 Å². The fourth-order valence-corrected chi connectivity index (χ4v) is 2.02. The molecule has 1 aliphatic rings. The Balaban J connectivity index is 2.26. The second-order valence-electron chi connectivity index (χ2n) is 3.21. The molecule has 0 aromatic heterocycles. The Morgan fingerprint density at radius 1 is 1.33 bits per heavy atom. The number of hydrogen-bond acceptors (Lipinski definition) is 1. The molecule has 1 unspecified atom stereocenters. The van der Waals surface area contributed by atoms with Gasteiger partial charge in [-0.15, -0.1) is 0 Å². The van der Waals surface area contributed by atoms with Crippen LogP contribution in [0.5, 0.6) is 0 Å². The molecular weight excluding hydrogens is 170 g/mol. The van der Waals surface area contributed by atoms with Crippen LogP contribution in [0.1, 0.15) is 17.9 Å². The van der Waals surface area contributed by atoms with Crippen LogP contribution in [-0.2, 0) is 0 Å². The summed E-state index contributed by atoms with van der Waals surface area (Å²) in [7, 11) is 0. The molecule has 0 bridgehead atoms. The van der Waals surface area contributed by atoms with Gasteiger partial charge in [0.15, 0.2) is 0 Å². The van der Waals surface area contributed by atoms with E-state index in [-0.39, 0.29) is 0 Å². The van der Waals surface area contributed by atoms with Gasteiger partial charge in [-0.3, -0.25) is 0 Å². The van der Waals surface area contributed by atoms with E-state index in [0.29, 0.717) is 5.92 Å². The fourth-order valence-electron chi connectivity index (χ4n) is 1.73. The summed E-state index contributed by atoms with van der Waals surface area (Å²) >= 11 is 6.08. The van der Waals surface area contributed by atoms with Gasteiger partial charge < -0.3 is 5.32 Å². The normalized spacial score (nSPS) is 22.9. The summed E-state index contributed by atoms with van der Waals surface area (Å²) in [6.07, 6.45) is 1.21. The molecule has 0 spiro atoms. The molecule has 64 valence electrons. The third-order valence-electron chi connectivity index (χ3n) is 2.41. The molecule has 1 aromatic rings. The smallest absolute Gasteiger partial charge is 0.0441 e. The van der Waals surface area contributed by atoms with E-state index in [1.807, 2.05) is 12.1 Å². The van der Waals surface area contributed by atoms with E-state index in [4.69, 9.17) is 11.6 Å². The lowest BCUT2D eigenvalue weighted by Crippen LogP contribution is -2.08. The van der Waals surface area contributed by atoms with Gasteiger partial charge in [-0.1, -0.05) is 29.8 Å². The van der Waals surface area contributed by atoms with Crippen LogP contribution in [0.4, 0.5) is 0 Å². The Morgan fingerprint density at radius 3 is 2.83 bits per heavy atom. The molecular formula is C10H12ClN. The molecule has 1 aromatic carbocycles. The first kappa shape index (κ1) is 8.09. The van der Waals surface area contributed by atoms with Crippen LogP contribution in [0.25, 0.3) is 0 Å². The summed E-state index contributed by atoms with van der Waals surface area (Å²) in [4.78, 5) is 0. The van der Waals surface area contributed by atoms with Gasteiger partial charge >= 0.3 is 0 Å². The minimum Gasteiger partial charge on any atom is -0.316 e. The predicted molar refractivity (Wildman–Crippen MR) is 51.7 cm³/mol. The number of halogens is 1. The summed E-state index contributed by atoms with van der Waals surface area (Å²) in [5, 5.41) is 4.25. The molecule has 2 rings (SSSR count).